The maximum absolute atomic E-state index is 5.41. The Hall–Kier alpha value is 0.177. The van der Waals surface area contributed by atoms with E-state index in [1.54, 1.807) is 0 Å². The van der Waals surface area contributed by atoms with Gasteiger partial charge in [0.2, 0.25) is 0 Å². The molecule has 9 heavy (non-hydrogen) atoms. The summed E-state index contributed by atoms with van der Waals surface area (Å²) in [5.41, 5.74) is 1.55. The van der Waals surface area contributed by atoms with Gasteiger partial charge in [-0.2, -0.15) is 0 Å². The SMILES string of the molecule is CO[SiH](C(C)C)C(C)C. The maximum atomic E-state index is 5.41. The van der Waals surface area contributed by atoms with Crippen LogP contribution in [0.1, 0.15) is 27.7 Å². The van der Waals surface area contributed by atoms with Gasteiger partial charge in [0, 0.05) is 7.11 Å². The molecule has 0 heterocycles. The van der Waals surface area contributed by atoms with Crippen LogP contribution in [0.3, 0.4) is 0 Å². The van der Waals surface area contributed by atoms with Crippen LogP contribution in [0.4, 0.5) is 0 Å². The van der Waals surface area contributed by atoms with Crippen molar-refractivity contribution in [3.8, 4) is 0 Å². The van der Waals surface area contributed by atoms with Crippen molar-refractivity contribution in [2.75, 3.05) is 7.11 Å². The lowest BCUT2D eigenvalue weighted by molar-refractivity contribution is 0.401. The molecule has 0 spiro atoms. The van der Waals surface area contributed by atoms with E-state index >= 15 is 0 Å². The van der Waals surface area contributed by atoms with Gasteiger partial charge in [-0.1, -0.05) is 27.7 Å². The van der Waals surface area contributed by atoms with Gasteiger partial charge in [0.25, 0.3) is 0 Å². The van der Waals surface area contributed by atoms with E-state index in [1.807, 2.05) is 7.11 Å². The Labute approximate surface area is 60.1 Å². The summed E-state index contributed by atoms with van der Waals surface area (Å²) in [4.78, 5) is 0. The normalized spacial score (nSPS) is 12.0. The summed E-state index contributed by atoms with van der Waals surface area (Å²) in [6.07, 6.45) is 0. The molecular formula is C7H18OSi. The molecular weight excluding hydrogens is 128 g/mol. The first-order valence-electron chi connectivity index (χ1n) is 3.62. The van der Waals surface area contributed by atoms with E-state index < -0.39 is 9.04 Å². The van der Waals surface area contributed by atoms with Crippen LogP contribution in [0.5, 0.6) is 0 Å². The molecule has 1 nitrogen and oxygen atoms in total. The van der Waals surface area contributed by atoms with Gasteiger partial charge >= 0.3 is 0 Å². The highest BCUT2D eigenvalue weighted by Crippen LogP contribution is 2.19. The van der Waals surface area contributed by atoms with Crippen LogP contribution >= 0.6 is 0 Å². The average Bonchev–Trinajstić information content (AvgIpc) is 1.64. The quantitative estimate of drug-likeness (QED) is 0.555. The van der Waals surface area contributed by atoms with E-state index in [2.05, 4.69) is 27.7 Å². The predicted molar refractivity (Wildman–Crippen MR) is 44.4 cm³/mol. The van der Waals surface area contributed by atoms with Crippen molar-refractivity contribution in [2.45, 2.75) is 38.8 Å². The van der Waals surface area contributed by atoms with E-state index in [-0.39, 0.29) is 0 Å². The van der Waals surface area contributed by atoms with E-state index in [0.29, 0.717) is 0 Å². The smallest absolute Gasteiger partial charge is 0.181 e. The zero-order chi connectivity index (χ0) is 7.44. The Morgan fingerprint density at radius 1 is 1.00 bits per heavy atom. The Kier molecular flexibility index (Phi) is 4.15. The average molecular weight is 146 g/mol. The topological polar surface area (TPSA) is 9.23 Å². The van der Waals surface area contributed by atoms with E-state index in [4.69, 9.17) is 4.43 Å². The number of hydrogen-bond acceptors (Lipinski definition) is 1. The van der Waals surface area contributed by atoms with Crippen molar-refractivity contribution in [2.24, 2.45) is 0 Å². The monoisotopic (exact) mass is 146 g/mol. The first-order valence-corrected chi connectivity index (χ1v) is 5.42. The Morgan fingerprint density at radius 2 is 1.33 bits per heavy atom. The zero-order valence-corrected chi connectivity index (χ0v) is 8.29. The minimum absolute atomic E-state index is 0.773. The van der Waals surface area contributed by atoms with Gasteiger partial charge < -0.3 is 4.43 Å². The molecule has 0 saturated heterocycles. The summed E-state index contributed by atoms with van der Waals surface area (Å²) in [5.74, 6) is 0. The molecule has 0 aromatic rings. The second kappa shape index (κ2) is 4.07. The van der Waals surface area contributed by atoms with Crippen molar-refractivity contribution >= 4 is 9.04 Å². The van der Waals surface area contributed by atoms with Gasteiger partial charge in [-0.3, -0.25) is 0 Å². The second-order valence-corrected chi connectivity index (χ2v) is 7.26. The van der Waals surface area contributed by atoms with Crippen molar-refractivity contribution in [1.82, 2.24) is 0 Å². The van der Waals surface area contributed by atoms with Crippen molar-refractivity contribution < 1.29 is 4.43 Å². The molecule has 0 saturated carbocycles. The van der Waals surface area contributed by atoms with Crippen molar-refractivity contribution in [3.05, 3.63) is 0 Å². The predicted octanol–water partition coefficient (Wildman–Crippen LogP) is 2.18. The molecule has 0 radical (unpaired) electrons. The van der Waals surface area contributed by atoms with Crippen LogP contribution in [0.2, 0.25) is 11.1 Å². The molecule has 0 aromatic heterocycles. The Morgan fingerprint density at radius 3 is 1.33 bits per heavy atom. The molecule has 0 bridgehead atoms. The molecule has 0 atom stereocenters. The first kappa shape index (κ1) is 9.18. The molecule has 0 rings (SSSR count). The molecule has 0 amide bonds. The lowest BCUT2D eigenvalue weighted by Crippen LogP contribution is -2.23. The molecule has 0 aliphatic rings. The third-order valence-electron chi connectivity index (χ3n) is 1.59. The van der Waals surface area contributed by atoms with E-state index in [1.165, 1.54) is 0 Å². The fourth-order valence-corrected chi connectivity index (χ4v) is 3.94. The number of rotatable bonds is 3. The highest BCUT2D eigenvalue weighted by molar-refractivity contribution is 6.54. The molecule has 2 heteroatoms. The molecule has 0 aliphatic carbocycles. The van der Waals surface area contributed by atoms with E-state index in [9.17, 15) is 0 Å². The Bertz CT molecular complexity index is 63.3. The van der Waals surface area contributed by atoms with Gasteiger partial charge in [0.15, 0.2) is 9.04 Å². The largest absolute Gasteiger partial charge is 0.423 e. The first-order chi connectivity index (χ1) is 4.09. The molecule has 0 fully saturated rings. The van der Waals surface area contributed by atoms with Crippen LogP contribution in [0.15, 0.2) is 0 Å². The highest BCUT2D eigenvalue weighted by Gasteiger charge is 2.18. The third-order valence-corrected chi connectivity index (χ3v) is 4.76. The van der Waals surface area contributed by atoms with E-state index in [0.717, 1.165) is 11.1 Å². The van der Waals surface area contributed by atoms with Crippen molar-refractivity contribution in [3.63, 3.8) is 0 Å². The summed E-state index contributed by atoms with van der Waals surface area (Å²) in [5, 5.41) is 0. The highest BCUT2D eigenvalue weighted by atomic mass is 28.3. The number of hydrogen-bond donors (Lipinski definition) is 0. The zero-order valence-electron chi connectivity index (χ0n) is 7.14. The fourth-order valence-electron chi connectivity index (χ4n) is 1.31. The van der Waals surface area contributed by atoms with Crippen LogP contribution < -0.4 is 0 Å². The van der Waals surface area contributed by atoms with Gasteiger partial charge in [0.05, 0.1) is 0 Å². The summed E-state index contributed by atoms with van der Waals surface area (Å²) >= 11 is 0. The summed E-state index contributed by atoms with van der Waals surface area (Å²) in [7, 11) is 0.985. The summed E-state index contributed by atoms with van der Waals surface area (Å²) < 4.78 is 5.41. The minimum Gasteiger partial charge on any atom is -0.423 e. The van der Waals surface area contributed by atoms with Crippen LogP contribution in [0.25, 0.3) is 0 Å². The standard InChI is InChI=1S/C7H18OSi/c1-6(2)9(8-5)7(3)4/h6-7,9H,1-5H3. The molecule has 0 N–H and O–H groups in total. The van der Waals surface area contributed by atoms with Gasteiger partial charge in [0.1, 0.15) is 0 Å². The molecule has 0 aromatic carbocycles. The van der Waals surface area contributed by atoms with Gasteiger partial charge in [-0.15, -0.1) is 0 Å². The van der Waals surface area contributed by atoms with Crippen LogP contribution in [0, 0.1) is 0 Å². The second-order valence-electron chi connectivity index (χ2n) is 3.19. The molecule has 56 valence electrons. The third kappa shape index (κ3) is 3.01. The fraction of sp³-hybridized carbons (Fsp3) is 1.00. The van der Waals surface area contributed by atoms with Gasteiger partial charge in [-0.25, -0.2) is 0 Å². The molecule has 0 unspecified atom stereocenters. The summed E-state index contributed by atoms with van der Waals surface area (Å²) in [6.45, 7) is 9.00. The minimum atomic E-state index is -0.860. The lowest BCUT2D eigenvalue weighted by Gasteiger charge is -2.20. The van der Waals surface area contributed by atoms with Crippen LogP contribution in [-0.2, 0) is 4.43 Å². The van der Waals surface area contributed by atoms with Crippen molar-refractivity contribution in [1.29, 1.82) is 0 Å². The Balaban J connectivity index is 3.68. The lowest BCUT2D eigenvalue weighted by atomic mass is 10.5. The summed E-state index contributed by atoms with van der Waals surface area (Å²) in [6, 6.07) is 0. The maximum Gasteiger partial charge on any atom is 0.181 e. The molecule has 0 aliphatic heterocycles. The van der Waals surface area contributed by atoms with Gasteiger partial charge in [-0.05, 0) is 11.1 Å². The van der Waals surface area contributed by atoms with Crippen LogP contribution in [-0.4, -0.2) is 16.2 Å².